The van der Waals surface area contributed by atoms with Crippen molar-refractivity contribution in [1.29, 1.82) is 0 Å². The molecule has 26 heteroatoms. The average molecular weight is 1120 g/mol. The molecule has 0 aromatic heterocycles. The largest absolute Gasteiger partial charge is 0.391 e. The summed E-state index contributed by atoms with van der Waals surface area (Å²) in [6.07, 6.45) is 2.25. The van der Waals surface area contributed by atoms with E-state index >= 15 is 0 Å². The van der Waals surface area contributed by atoms with Gasteiger partial charge >= 0.3 is 0 Å². The zero-order chi connectivity index (χ0) is 59.2. The second-order valence-electron chi connectivity index (χ2n) is 20.9. The Bertz CT molecular complexity index is 2120. The van der Waals surface area contributed by atoms with Gasteiger partial charge in [0.1, 0.15) is 48.3 Å². The van der Waals surface area contributed by atoms with Gasteiger partial charge in [-0.1, -0.05) is 90.1 Å². The van der Waals surface area contributed by atoms with Gasteiger partial charge in [0.15, 0.2) is 0 Å². The molecule has 1 aromatic carbocycles. The van der Waals surface area contributed by atoms with E-state index < -0.39 is 146 Å². The summed E-state index contributed by atoms with van der Waals surface area (Å²) in [7, 11) is 0. The lowest BCUT2D eigenvalue weighted by molar-refractivity contribution is -0.142. The fourth-order valence-electron chi connectivity index (χ4n) is 8.73. The van der Waals surface area contributed by atoms with Crippen LogP contribution in [0.3, 0.4) is 0 Å². The number of rotatable bonds is 27. The lowest BCUT2D eigenvalue weighted by atomic mass is 10.00. The topological polar surface area (TPSA) is 427 Å². The van der Waals surface area contributed by atoms with Crippen LogP contribution < -0.4 is 70.8 Å². The zero-order valence-corrected chi connectivity index (χ0v) is 47.0. The van der Waals surface area contributed by atoms with Crippen LogP contribution in [0, 0.1) is 11.8 Å². The van der Waals surface area contributed by atoms with Crippen molar-refractivity contribution in [2.45, 2.75) is 179 Å². The number of aliphatic hydroxyl groups is 2. The Morgan fingerprint density at radius 3 is 1.73 bits per heavy atom. The Kier molecular flexibility index (Phi) is 32.0. The second kappa shape index (κ2) is 36.8. The van der Waals surface area contributed by atoms with Crippen molar-refractivity contribution in [1.82, 2.24) is 52.8 Å². The number of aliphatic hydroxyl groups excluding tert-OH is 2. The summed E-state index contributed by atoms with van der Waals surface area (Å²) in [5.41, 5.74) is 24.2. The van der Waals surface area contributed by atoms with Crippen LogP contribution >= 0.6 is 0 Å². The van der Waals surface area contributed by atoms with Crippen molar-refractivity contribution in [3.05, 3.63) is 35.9 Å². The van der Waals surface area contributed by atoms with Crippen molar-refractivity contribution in [2.24, 2.45) is 34.8 Å². The predicted octanol–water partition coefficient (Wildman–Crippen LogP) is -3.73. The fraction of sp³-hybridized carbons (Fsp3) is 0.698. The SMILES string of the molecule is CC(C)CCCCCCCC(=O)N[C@@H](C(=O)N[C@@H](CN)C(=O)NCC(=O)N1CCNC(=O)[C@H]([C@@H](C)O)NC(=O)[C@H](CCN)NC(=O)[C@H](CCN)NC(=O)[C@H](CC(C)C)NC(=O)[C@@H](Cc2ccccc2)NC(=O)[C@@H]1CCN)[C@@H](C)O. The number of unbranched alkanes of at least 4 members (excludes halogenated alkanes) is 4. The molecule has 0 bridgehead atoms. The number of hydrogen-bond acceptors (Lipinski definition) is 16. The summed E-state index contributed by atoms with van der Waals surface area (Å²) in [5.74, 6) is -8.06. The molecule has 1 aliphatic heterocycles. The second-order valence-corrected chi connectivity index (χ2v) is 20.9. The first-order valence-electron chi connectivity index (χ1n) is 27.6. The quantitative estimate of drug-likeness (QED) is 0.0377. The highest BCUT2D eigenvalue weighted by atomic mass is 16.3. The van der Waals surface area contributed by atoms with E-state index in [-0.39, 0.29) is 64.1 Å². The van der Waals surface area contributed by atoms with Crippen molar-refractivity contribution >= 4 is 59.1 Å². The number of nitrogens with one attached hydrogen (secondary N) is 9. The maximum absolute atomic E-state index is 14.7. The molecular weight excluding hydrogens is 1020 g/mol. The molecule has 446 valence electrons. The van der Waals surface area contributed by atoms with E-state index in [1.54, 1.807) is 44.2 Å². The van der Waals surface area contributed by atoms with Gasteiger partial charge in [0.2, 0.25) is 59.1 Å². The summed E-state index contributed by atoms with van der Waals surface area (Å²) in [4.78, 5) is 140. The van der Waals surface area contributed by atoms with Crippen LogP contribution in [-0.2, 0) is 54.4 Å². The standard InChI is InChI=1S/C53H92N14O12/c1-31(2)15-11-8-7-9-14-18-42(70)65-45(34(6)69)53(79)64-40(29-57)46(72)59-30-43(71)67-26-25-58-52(78)44(33(5)68)66-48(74)37(20-23-55)60-47(73)36(19-22-54)61-49(75)38(27-32(3)4)62-50(76)39(28-35-16-12-10-13-17-35)63-51(77)41(67)21-24-56/h10,12-13,16-17,31-34,36-41,44-45,68-69H,7-9,11,14-15,18-30,54-57H2,1-6H3,(H,58,78)(H,59,72)(H,60,73)(H,61,75)(H,62,76)(H,63,77)(H,64,79)(H,65,70)(H,66,74)/t33-,34-,36+,37+,38+,39-,40+,41+,44+,45-/m1/s1. The minimum absolute atomic E-state index is 0.0651. The van der Waals surface area contributed by atoms with Gasteiger partial charge < -0.3 is 85.9 Å². The van der Waals surface area contributed by atoms with E-state index in [0.717, 1.165) is 37.0 Å². The third-order valence-corrected chi connectivity index (χ3v) is 13.1. The van der Waals surface area contributed by atoms with Crippen LogP contribution in [0.15, 0.2) is 30.3 Å². The molecule has 1 saturated heterocycles. The molecule has 1 aromatic rings. The van der Waals surface area contributed by atoms with Gasteiger partial charge in [-0.25, -0.2) is 0 Å². The van der Waals surface area contributed by atoms with E-state index in [1.807, 2.05) is 0 Å². The molecule has 0 unspecified atom stereocenters. The van der Waals surface area contributed by atoms with Gasteiger partial charge in [-0.3, -0.25) is 47.9 Å². The summed E-state index contributed by atoms with van der Waals surface area (Å²) >= 11 is 0. The van der Waals surface area contributed by atoms with E-state index in [9.17, 15) is 58.2 Å². The summed E-state index contributed by atoms with van der Waals surface area (Å²) < 4.78 is 0. The van der Waals surface area contributed by atoms with E-state index in [4.69, 9.17) is 22.9 Å². The molecule has 1 heterocycles. The third-order valence-electron chi connectivity index (χ3n) is 13.1. The van der Waals surface area contributed by atoms with E-state index in [0.29, 0.717) is 17.9 Å². The Morgan fingerprint density at radius 1 is 0.633 bits per heavy atom. The Labute approximate surface area is 464 Å². The molecule has 2 rings (SSSR count). The van der Waals surface area contributed by atoms with Crippen LogP contribution in [0.25, 0.3) is 0 Å². The molecular formula is C53H92N14O12. The molecule has 1 fully saturated rings. The first-order chi connectivity index (χ1) is 37.5. The van der Waals surface area contributed by atoms with Crippen LogP contribution in [0.1, 0.15) is 118 Å². The van der Waals surface area contributed by atoms with E-state index in [2.05, 4.69) is 61.7 Å². The minimum Gasteiger partial charge on any atom is -0.391 e. The number of nitrogens with zero attached hydrogens (tertiary/aromatic N) is 1. The highest BCUT2D eigenvalue weighted by Gasteiger charge is 2.37. The normalized spacial score (nSPS) is 21.9. The molecule has 1 aliphatic rings. The zero-order valence-electron chi connectivity index (χ0n) is 47.0. The minimum atomic E-state index is -1.64. The number of amides is 10. The van der Waals surface area contributed by atoms with Gasteiger partial charge in [-0.2, -0.15) is 0 Å². The maximum atomic E-state index is 14.7. The highest BCUT2D eigenvalue weighted by Crippen LogP contribution is 2.14. The van der Waals surface area contributed by atoms with Crippen LogP contribution in [-0.4, -0.2) is 181 Å². The Hall–Kier alpha value is -6.32. The lowest BCUT2D eigenvalue weighted by Crippen LogP contribution is -2.61. The van der Waals surface area contributed by atoms with Crippen molar-refractivity contribution in [3.63, 3.8) is 0 Å². The van der Waals surface area contributed by atoms with Gasteiger partial charge in [-0.15, -0.1) is 0 Å². The van der Waals surface area contributed by atoms with Gasteiger partial charge in [0.25, 0.3) is 0 Å². The number of carbonyl (C=O) groups excluding carboxylic acids is 10. The first kappa shape index (κ1) is 68.8. The monoisotopic (exact) mass is 1120 g/mol. The molecule has 26 nitrogen and oxygen atoms in total. The molecule has 0 saturated carbocycles. The van der Waals surface area contributed by atoms with Crippen molar-refractivity contribution in [2.75, 3.05) is 45.8 Å². The number of benzene rings is 1. The molecule has 10 atom stereocenters. The molecule has 0 spiro atoms. The summed E-state index contributed by atoms with van der Waals surface area (Å²) in [6, 6.07) is -2.86. The molecule has 10 amide bonds. The number of hydrogen-bond donors (Lipinski definition) is 15. The summed E-state index contributed by atoms with van der Waals surface area (Å²) in [6.45, 7) is 7.81. The molecule has 0 radical (unpaired) electrons. The maximum Gasteiger partial charge on any atom is 0.245 e. The molecule has 0 aliphatic carbocycles. The van der Waals surface area contributed by atoms with Crippen LogP contribution in [0.4, 0.5) is 0 Å². The lowest BCUT2D eigenvalue weighted by Gasteiger charge is -2.33. The van der Waals surface area contributed by atoms with Gasteiger partial charge in [0, 0.05) is 32.5 Å². The molecule has 19 N–H and O–H groups in total. The van der Waals surface area contributed by atoms with Crippen molar-refractivity contribution < 1.29 is 58.2 Å². The van der Waals surface area contributed by atoms with Crippen molar-refractivity contribution in [3.8, 4) is 0 Å². The molecule has 79 heavy (non-hydrogen) atoms. The highest BCUT2D eigenvalue weighted by molar-refractivity contribution is 5.98. The fourth-order valence-corrected chi connectivity index (χ4v) is 8.73. The van der Waals surface area contributed by atoms with Gasteiger partial charge in [-0.05, 0) is 83.0 Å². The van der Waals surface area contributed by atoms with Crippen LogP contribution in [0.2, 0.25) is 0 Å². The number of carbonyl (C=O) groups is 10. The predicted molar refractivity (Wildman–Crippen MR) is 295 cm³/mol. The summed E-state index contributed by atoms with van der Waals surface area (Å²) in [5, 5.41) is 44.2. The first-order valence-corrected chi connectivity index (χ1v) is 27.6. The Morgan fingerprint density at radius 2 is 1.18 bits per heavy atom. The third kappa shape index (κ3) is 25.1. The smallest absolute Gasteiger partial charge is 0.245 e. The van der Waals surface area contributed by atoms with E-state index in [1.165, 1.54) is 13.8 Å². The number of nitrogens with two attached hydrogens (primary N) is 4. The van der Waals surface area contributed by atoms with Gasteiger partial charge in [0.05, 0.1) is 18.8 Å². The van der Waals surface area contributed by atoms with Crippen LogP contribution in [0.5, 0.6) is 0 Å². The average Bonchev–Trinajstić information content (AvgIpc) is 3.40. The Balaban J connectivity index is 2.58.